The lowest BCUT2D eigenvalue weighted by atomic mass is 10.2. The number of aryl methyl sites for hydroxylation is 1. The van der Waals surface area contributed by atoms with Crippen LogP contribution in [-0.2, 0) is 14.5 Å². The van der Waals surface area contributed by atoms with Gasteiger partial charge in [-0.1, -0.05) is 0 Å². The van der Waals surface area contributed by atoms with Gasteiger partial charge in [0, 0.05) is 38.0 Å². The van der Waals surface area contributed by atoms with Gasteiger partial charge in [0.2, 0.25) is 5.91 Å². The third-order valence-corrected chi connectivity index (χ3v) is 6.28. The molecule has 1 saturated carbocycles. The molecule has 1 aliphatic rings. The minimum atomic E-state index is -2.69. The lowest BCUT2D eigenvalue weighted by molar-refractivity contribution is -0.117. The Kier molecular flexibility index (Phi) is 5.78. The summed E-state index contributed by atoms with van der Waals surface area (Å²) in [7, 11) is 0.255. The molecule has 2 aromatic rings. The van der Waals surface area contributed by atoms with Crippen molar-refractivity contribution in [1.82, 2.24) is 20.5 Å². The maximum absolute atomic E-state index is 12.8. The van der Waals surface area contributed by atoms with E-state index in [0.717, 1.165) is 12.8 Å². The summed E-state index contributed by atoms with van der Waals surface area (Å²) < 4.78 is 16.8. The van der Waals surface area contributed by atoms with Crippen molar-refractivity contribution >= 4 is 38.9 Å². The fourth-order valence-electron chi connectivity index (χ4n) is 2.57. The highest BCUT2D eigenvalue weighted by Crippen LogP contribution is 2.31. The zero-order chi connectivity index (χ0) is 21.2. The molecule has 2 heterocycles. The number of aromatic nitrogens is 3. The zero-order valence-electron chi connectivity index (χ0n) is 16.6. The van der Waals surface area contributed by atoms with Crippen LogP contribution in [0.2, 0.25) is 0 Å². The quantitative estimate of drug-likeness (QED) is 0.650. The summed E-state index contributed by atoms with van der Waals surface area (Å²) in [4.78, 5) is 29.1. The normalized spacial score (nSPS) is 15.2. The molecule has 11 heteroatoms. The molecule has 10 nitrogen and oxygen atoms in total. The Morgan fingerprint density at radius 3 is 2.59 bits per heavy atom. The molecule has 0 bridgehead atoms. The standard InChI is InChI=1S/C18H23N7O3S/c1-10-5-8-13(29(4,28)20-3)16(21-10)22-12-9-14(23-17(26)11-6-7-11)24-25-15(12)18(27)19-2/h5,8-9,11H,6-7H2,1-4H3,(H,19,27)(H2,21,22,23,24,26). The van der Waals surface area contributed by atoms with Gasteiger partial charge in [-0.2, -0.15) is 0 Å². The first kappa shape index (κ1) is 20.6. The number of carbonyl (C=O) groups excluding carboxylic acids is 2. The van der Waals surface area contributed by atoms with Crippen LogP contribution in [0.4, 0.5) is 17.3 Å². The fourth-order valence-corrected chi connectivity index (χ4v) is 3.55. The van der Waals surface area contributed by atoms with Crippen LogP contribution in [0.1, 0.15) is 29.0 Å². The average molecular weight is 417 g/mol. The smallest absolute Gasteiger partial charge is 0.273 e. The third-order valence-electron chi connectivity index (χ3n) is 4.44. The van der Waals surface area contributed by atoms with Crippen LogP contribution in [0.5, 0.6) is 0 Å². The van der Waals surface area contributed by atoms with E-state index < -0.39 is 15.6 Å². The lowest BCUT2D eigenvalue weighted by Gasteiger charge is -2.15. The minimum Gasteiger partial charge on any atom is -0.354 e. The Bertz CT molecular complexity index is 1090. The maximum atomic E-state index is 12.8. The number of anilines is 3. The fraction of sp³-hybridized carbons (Fsp3) is 0.389. The van der Waals surface area contributed by atoms with Crippen LogP contribution in [-0.4, -0.2) is 51.6 Å². The second-order valence-corrected chi connectivity index (χ2v) is 9.15. The Morgan fingerprint density at radius 1 is 1.24 bits per heavy atom. The highest BCUT2D eigenvalue weighted by molar-refractivity contribution is 7.93. The number of hydrogen-bond donors (Lipinski definition) is 3. The van der Waals surface area contributed by atoms with Crippen molar-refractivity contribution in [3.8, 4) is 0 Å². The molecule has 1 unspecified atom stereocenters. The van der Waals surface area contributed by atoms with Crippen LogP contribution in [0.25, 0.3) is 0 Å². The van der Waals surface area contributed by atoms with E-state index in [9.17, 15) is 13.8 Å². The van der Waals surface area contributed by atoms with Gasteiger partial charge in [-0.3, -0.25) is 9.59 Å². The zero-order valence-corrected chi connectivity index (χ0v) is 17.5. The van der Waals surface area contributed by atoms with Crippen molar-refractivity contribution < 1.29 is 13.8 Å². The predicted octanol–water partition coefficient (Wildman–Crippen LogP) is 1.72. The van der Waals surface area contributed by atoms with Gasteiger partial charge >= 0.3 is 0 Å². The molecule has 0 radical (unpaired) electrons. The number of nitrogens with one attached hydrogen (secondary N) is 3. The first-order chi connectivity index (χ1) is 13.7. The number of pyridine rings is 1. The predicted molar refractivity (Wildman–Crippen MR) is 110 cm³/mol. The Morgan fingerprint density at radius 2 is 1.97 bits per heavy atom. The average Bonchev–Trinajstić information content (AvgIpc) is 3.53. The van der Waals surface area contributed by atoms with E-state index in [1.807, 2.05) is 0 Å². The van der Waals surface area contributed by atoms with Gasteiger partial charge in [-0.15, -0.1) is 10.2 Å². The van der Waals surface area contributed by atoms with Crippen molar-refractivity contribution in [1.29, 1.82) is 0 Å². The molecule has 1 aliphatic carbocycles. The number of carbonyl (C=O) groups is 2. The van der Waals surface area contributed by atoms with Gasteiger partial charge in [-0.25, -0.2) is 13.6 Å². The Balaban J connectivity index is 2.04. The highest BCUT2D eigenvalue weighted by atomic mass is 32.2. The molecule has 0 saturated heterocycles. The molecule has 2 amide bonds. The summed E-state index contributed by atoms with van der Waals surface area (Å²) >= 11 is 0. The monoisotopic (exact) mass is 417 g/mol. The second-order valence-electron chi connectivity index (χ2n) is 6.74. The molecule has 0 spiro atoms. The third kappa shape index (κ3) is 4.67. The lowest BCUT2D eigenvalue weighted by Crippen LogP contribution is -2.23. The van der Waals surface area contributed by atoms with E-state index in [4.69, 9.17) is 0 Å². The summed E-state index contributed by atoms with van der Waals surface area (Å²) in [6.07, 6.45) is 3.21. The van der Waals surface area contributed by atoms with Gasteiger partial charge in [0.15, 0.2) is 11.5 Å². The topological polar surface area (TPSA) is 138 Å². The molecule has 29 heavy (non-hydrogen) atoms. The van der Waals surface area contributed by atoms with Crippen molar-refractivity contribution in [3.63, 3.8) is 0 Å². The number of rotatable bonds is 6. The van der Waals surface area contributed by atoms with Crippen LogP contribution in [0, 0.1) is 12.8 Å². The summed E-state index contributed by atoms with van der Waals surface area (Å²) in [5.74, 6) is -0.0995. The molecule has 154 valence electrons. The summed E-state index contributed by atoms with van der Waals surface area (Å²) in [6, 6.07) is 4.93. The molecule has 3 rings (SSSR count). The summed E-state index contributed by atoms with van der Waals surface area (Å²) in [6.45, 7) is 1.79. The van der Waals surface area contributed by atoms with E-state index >= 15 is 0 Å². The first-order valence-electron chi connectivity index (χ1n) is 9.00. The van der Waals surface area contributed by atoms with Crippen LogP contribution in [0.3, 0.4) is 0 Å². The number of nitrogens with zero attached hydrogens (tertiary/aromatic N) is 4. The molecule has 0 aliphatic heterocycles. The molecular weight excluding hydrogens is 394 g/mol. The van der Waals surface area contributed by atoms with Gasteiger partial charge in [0.1, 0.15) is 5.82 Å². The molecule has 0 aromatic carbocycles. The maximum Gasteiger partial charge on any atom is 0.273 e. The van der Waals surface area contributed by atoms with Gasteiger partial charge < -0.3 is 16.0 Å². The van der Waals surface area contributed by atoms with Crippen molar-refractivity contribution in [2.24, 2.45) is 10.3 Å². The number of amides is 2. The van der Waals surface area contributed by atoms with Crippen LogP contribution >= 0.6 is 0 Å². The molecule has 2 aromatic heterocycles. The molecule has 1 atom stereocenters. The first-order valence-corrected chi connectivity index (χ1v) is 10.9. The van der Waals surface area contributed by atoms with E-state index in [-0.39, 0.29) is 29.0 Å². The van der Waals surface area contributed by atoms with Gasteiger partial charge in [0.05, 0.1) is 20.3 Å². The van der Waals surface area contributed by atoms with E-state index in [0.29, 0.717) is 16.4 Å². The summed E-state index contributed by atoms with van der Waals surface area (Å²) in [5, 5.41) is 16.1. The van der Waals surface area contributed by atoms with E-state index in [2.05, 4.69) is 35.5 Å². The second kappa shape index (κ2) is 8.11. The van der Waals surface area contributed by atoms with Crippen molar-refractivity contribution in [2.45, 2.75) is 24.7 Å². The largest absolute Gasteiger partial charge is 0.354 e. The molecule has 3 N–H and O–H groups in total. The SMILES string of the molecule is CN=S(C)(=O)c1ccc(C)nc1Nc1cc(NC(=O)C2CC2)nnc1C(=O)NC. The molecule has 1 fully saturated rings. The summed E-state index contributed by atoms with van der Waals surface area (Å²) in [5.41, 5.74) is 0.978. The van der Waals surface area contributed by atoms with E-state index in [1.165, 1.54) is 26.4 Å². The Labute approximate surface area is 169 Å². The van der Waals surface area contributed by atoms with Gasteiger partial charge in [-0.05, 0) is 31.9 Å². The Hall–Kier alpha value is -3.08. The van der Waals surface area contributed by atoms with Crippen LogP contribution < -0.4 is 16.0 Å². The van der Waals surface area contributed by atoms with Crippen LogP contribution in [0.15, 0.2) is 27.5 Å². The highest BCUT2D eigenvalue weighted by Gasteiger charge is 2.30. The van der Waals surface area contributed by atoms with E-state index in [1.54, 1.807) is 19.1 Å². The van der Waals surface area contributed by atoms with Gasteiger partial charge in [0.25, 0.3) is 5.91 Å². The van der Waals surface area contributed by atoms with Crippen molar-refractivity contribution in [3.05, 3.63) is 29.6 Å². The number of hydrogen-bond acceptors (Lipinski definition) is 8. The molecular formula is C18H23N7O3S. The minimum absolute atomic E-state index is 0.00666. The van der Waals surface area contributed by atoms with Crippen molar-refractivity contribution in [2.75, 3.05) is 31.0 Å².